The smallest absolute Gasteiger partial charge is 0.151 e. The van der Waals surface area contributed by atoms with Crippen LogP contribution in [-0.4, -0.2) is 49.0 Å². The molecule has 0 bridgehead atoms. The van der Waals surface area contributed by atoms with E-state index in [1.54, 1.807) is 0 Å². The first-order valence-electron chi connectivity index (χ1n) is 6.03. The summed E-state index contributed by atoms with van der Waals surface area (Å²) in [5, 5.41) is 0. The lowest BCUT2D eigenvalue weighted by Gasteiger charge is -2.47. The fourth-order valence-electron chi connectivity index (χ4n) is 3.17. The molecule has 2 heterocycles. The van der Waals surface area contributed by atoms with Gasteiger partial charge >= 0.3 is 0 Å². The van der Waals surface area contributed by atoms with Gasteiger partial charge in [0.15, 0.2) is 9.84 Å². The maximum Gasteiger partial charge on any atom is 0.151 e. The molecule has 0 aromatic heterocycles. The lowest BCUT2D eigenvalue weighted by Crippen LogP contribution is -2.57. The molecule has 2 fully saturated rings. The van der Waals surface area contributed by atoms with Crippen LogP contribution in [0.2, 0.25) is 0 Å². The average Bonchev–Trinajstić information content (AvgIpc) is 2.43. The largest absolute Gasteiger partial charge is 0.328 e. The zero-order chi connectivity index (χ0) is 12.0. The van der Waals surface area contributed by atoms with Crippen LogP contribution < -0.4 is 5.73 Å². The van der Waals surface area contributed by atoms with Gasteiger partial charge in [-0.25, -0.2) is 8.42 Å². The minimum Gasteiger partial charge on any atom is -0.328 e. The molecule has 0 aliphatic carbocycles. The van der Waals surface area contributed by atoms with Crippen LogP contribution in [0.25, 0.3) is 0 Å². The molecule has 16 heavy (non-hydrogen) atoms. The van der Waals surface area contributed by atoms with Gasteiger partial charge in [0.2, 0.25) is 0 Å². The zero-order valence-electron chi connectivity index (χ0n) is 10.1. The summed E-state index contributed by atoms with van der Waals surface area (Å²) in [6.45, 7) is 5.29. The molecule has 2 rings (SSSR count). The van der Waals surface area contributed by atoms with Gasteiger partial charge < -0.3 is 5.73 Å². The molecule has 0 saturated carbocycles. The molecule has 2 unspecified atom stereocenters. The molecule has 0 spiro atoms. The van der Waals surface area contributed by atoms with Gasteiger partial charge in [0.1, 0.15) is 0 Å². The average molecular weight is 246 g/mol. The Kier molecular flexibility index (Phi) is 3.05. The molecule has 0 aromatic rings. The zero-order valence-corrected chi connectivity index (χ0v) is 11.0. The van der Waals surface area contributed by atoms with Gasteiger partial charge in [0.25, 0.3) is 0 Å². The van der Waals surface area contributed by atoms with E-state index in [0.717, 1.165) is 25.8 Å². The van der Waals surface area contributed by atoms with Crippen LogP contribution in [0, 0.1) is 0 Å². The number of hydrogen-bond donors (Lipinski definition) is 1. The number of sulfone groups is 1. The first-order valence-corrected chi connectivity index (χ1v) is 7.85. The van der Waals surface area contributed by atoms with Gasteiger partial charge in [-0.15, -0.1) is 0 Å². The van der Waals surface area contributed by atoms with Gasteiger partial charge in [-0.1, -0.05) is 0 Å². The van der Waals surface area contributed by atoms with Crippen molar-refractivity contribution in [2.45, 2.75) is 50.7 Å². The van der Waals surface area contributed by atoms with E-state index in [2.05, 4.69) is 18.7 Å². The maximum atomic E-state index is 11.5. The Hall–Kier alpha value is -0.130. The summed E-state index contributed by atoms with van der Waals surface area (Å²) in [7, 11) is -2.78. The lowest BCUT2D eigenvalue weighted by atomic mass is 9.86. The Morgan fingerprint density at radius 1 is 1.31 bits per heavy atom. The standard InChI is InChI=1S/C11H22N2O2S/c1-11(2)7-9(12)3-5-13(11)10-4-6-16(14,15)8-10/h9-10H,3-8,12H2,1-2H3. The summed E-state index contributed by atoms with van der Waals surface area (Å²) in [5.41, 5.74) is 6.02. The molecule has 0 aromatic carbocycles. The second-order valence-electron chi connectivity index (χ2n) is 5.82. The quantitative estimate of drug-likeness (QED) is 0.726. The van der Waals surface area contributed by atoms with Crippen LogP contribution in [0.4, 0.5) is 0 Å². The summed E-state index contributed by atoms with van der Waals surface area (Å²) < 4.78 is 23.0. The third kappa shape index (κ3) is 2.41. The number of piperidine rings is 1. The van der Waals surface area contributed by atoms with E-state index in [1.807, 2.05) is 0 Å². The van der Waals surface area contributed by atoms with Gasteiger partial charge in [0, 0.05) is 24.2 Å². The van der Waals surface area contributed by atoms with Gasteiger partial charge in [-0.3, -0.25) is 4.90 Å². The molecule has 94 valence electrons. The Morgan fingerprint density at radius 2 is 2.00 bits per heavy atom. The predicted octanol–water partition coefficient (Wildman–Crippen LogP) is 0.375. The number of nitrogens with two attached hydrogens (primary N) is 1. The van der Waals surface area contributed by atoms with Crippen LogP contribution in [0.3, 0.4) is 0 Å². The van der Waals surface area contributed by atoms with Crippen molar-refractivity contribution in [3.05, 3.63) is 0 Å². The Labute approximate surface area is 98.1 Å². The molecular weight excluding hydrogens is 224 g/mol. The van der Waals surface area contributed by atoms with Crippen molar-refractivity contribution in [3.63, 3.8) is 0 Å². The van der Waals surface area contributed by atoms with Gasteiger partial charge in [-0.05, 0) is 33.1 Å². The van der Waals surface area contributed by atoms with E-state index >= 15 is 0 Å². The van der Waals surface area contributed by atoms with Gasteiger partial charge in [0.05, 0.1) is 11.5 Å². The molecule has 2 atom stereocenters. The van der Waals surface area contributed by atoms with Crippen molar-refractivity contribution in [1.29, 1.82) is 0 Å². The first kappa shape index (κ1) is 12.3. The number of hydrogen-bond acceptors (Lipinski definition) is 4. The molecule has 2 aliphatic heterocycles. The molecule has 2 N–H and O–H groups in total. The van der Waals surface area contributed by atoms with E-state index in [1.165, 1.54) is 0 Å². The summed E-state index contributed by atoms with van der Waals surface area (Å²) in [4.78, 5) is 2.36. The van der Waals surface area contributed by atoms with Crippen LogP contribution in [0.5, 0.6) is 0 Å². The fraction of sp³-hybridized carbons (Fsp3) is 1.00. The number of nitrogens with zero attached hydrogens (tertiary/aromatic N) is 1. The van der Waals surface area contributed by atoms with Crippen molar-refractivity contribution in [2.24, 2.45) is 5.73 Å². The van der Waals surface area contributed by atoms with Crippen molar-refractivity contribution in [1.82, 2.24) is 4.90 Å². The third-order valence-electron chi connectivity index (χ3n) is 3.93. The summed E-state index contributed by atoms with van der Waals surface area (Å²) >= 11 is 0. The Bertz CT molecular complexity index is 364. The second kappa shape index (κ2) is 3.96. The van der Waals surface area contributed by atoms with Crippen LogP contribution >= 0.6 is 0 Å². The van der Waals surface area contributed by atoms with Crippen molar-refractivity contribution in [2.75, 3.05) is 18.1 Å². The number of likely N-dealkylation sites (tertiary alicyclic amines) is 1. The van der Waals surface area contributed by atoms with Gasteiger partial charge in [-0.2, -0.15) is 0 Å². The summed E-state index contributed by atoms with van der Waals surface area (Å²) in [5.74, 6) is 0.696. The molecule has 2 aliphatic rings. The SMILES string of the molecule is CC1(C)CC(N)CCN1C1CCS(=O)(=O)C1. The molecular formula is C11H22N2O2S. The minimum atomic E-state index is -2.78. The van der Waals surface area contributed by atoms with Crippen molar-refractivity contribution >= 4 is 9.84 Å². The third-order valence-corrected chi connectivity index (χ3v) is 5.68. The monoisotopic (exact) mass is 246 g/mol. The van der Waals surface area contributed by atoms with E-state index in [4.69, 9.17) is 5.73 Å². The number of rotatable bonds is 1. The maximum absolute atomic E-state index is 11.5. The summed E-state index contributed by atoms with van der Waals surface area (Å²) in [6.07, 6.45) is 2.74. The van der Waals surface area contributed by atoms with E-state index in [-0.39, 0.29) is 17.6 Å². The topological polar surface area (TPSA) is 63.4 Å². The minimum absolute atomic E-state index is 0.0438. The first-order chi connectivity index (χ1) is 7.30. The molecule has 0 radical (unpaired) electrons. The highest BCUT2D eigenvalue weighted by Gasteiger charge is 2.41. The van der Waals surface area contributed by atoms with Crippen LogP contribution in [-0.2, 0) is 9.84 Å². The van der Waals surface area contributed by atoms with Crippen molar-refractivity contribution < 1.29 is 8.42 Å². The highest BCUT2D eigenvalue weighted by atomic mass is 32.2. The van der Waals surface area contributed by atoms with E-state index in [0.29, 0.717) is 11.5 Å². The highest BCUT2D eigenvalue weighted by molar-refractivity contribution is 7.91. The lowest BCUT2D eigenvalue weighted by molar-refractivity contribution is 0.0343. The van der Waals surface area contributed by atoms with Crippen molar-refractivity contribution in [3.8, 4) is 0 Å². The Balaban J connectivity index is 2.10. The summed E-state index contributed by atoms with van der Waals surface area (Å²) in [6, 6.07) is 0.483. The normalized spacial score (nSPS) is 38.7. The molecule has 2 saturated heterocycles. The fourth-order valence-corrected chi connectivity index (χ4v) is 4.90. The molecule has 4 nitrogen and oxygen atoms in total. The molecule has 0 amide bonds. The van der Waals surface area contributed by atoms with E-state index in [9.17, 15) is 8.42 Å². The second-order valence-corrected chi connectivity index (χ2v) is 8.04. The van der Waals surface area contributed by atoms with E-state index < -0.39 is 9.84 Å². The van der Waals surface area contributed by atoms with Crippen LogP contribution in [0.15, 0.2) is 0 Å². The predicted molar refractivity (Wildman–Crippen MR) is 65.1 cm³/mol. The highest BCUT2D eigenvalue weighted by Crippen LogP contribution is 2.32. The Morgan fingerprint density at radius 3 is 2.50 bits per heavy atom. The van der Waals surface area contributed by atoms with Crippen LogP contribution in [0.1, 0.15) is 33.1 Å². The molecule has 5 heteroatoms.